The Morgan fingerprint density at radius 1 is 1.04 bits per heavy atom. The summed E-state index contributed by atoms with van der Waals surface area (Å²) in [5, 5.41) is 6.34. The minimum absolute atomic E-state index is 0.00564. The van der Waals surface area contributed by atoms with E-state index in [0.29, 0.717) is 13.1 Å². The van der Waals surface area contributed by atoms with E-state index in [9.17, 15) is 9.59 Å². The molecule has 1 heterocycles. The fourth-order valence-electron chi connectivity index (χ4n) is 3.77. The number of esters is 1. The number of aliphatic imine (C=N–C) groups is 1. The van der Waals surface area contributed by atoms with Crippen LogP contribution >= 0.6 is 0 Å². The largest absolute Gasteiger partial charge is 0.469 e. The summed E-state index contributed by atoms with van der Waals surface area (Å²) in [4.78, 5) is 30.6. The van der Waals surface area contributed by atoms with E-state index in [-0.39, 0.29) is 23.7 Å². The van der Waals surface area contributed by atoms with Gasteiger partial charge in [0.25, 0.3) is 0 Å². The number of hydrogen-bond acceptors (Lipinski definition) is 4. The Bertz CT molecular complexity index is 481. The molecule has 1 aliphatic carbocycles. The van der Waals surface area contributed by atoms with Gasteiger partial charge in [-0.05, 0) is 32.6 Å². The van der Waals surface area contributed by atoms with Gasteiger partial charge in [0.1, 0.15) is 0 Å². The van der Waals surface area contributed by atoms with Crippen molar-refractivity contribution in [1.29, 1.82) is 0 Å². The van der Waals surface area contributed by atoms with Crippen LogP contribution in [0.5, 0.6) is 0 Å². The maximum Gasteiger partial charge on any atom is 0.308 e. The molecule has 2 fully saturated rings. The summed E-state index contributed by atoms with van der Waals surface area (Å²) in [5.74, 6) is 1.12. The van der Waals surface area contributed by atoms with Crippen LogP contribution in [-0.2, 0) is 14.3 Å². The number of nitrogens with zero attached hydrogens (tertiary/aromatic N) is 2. The highest BCUT2D eigenvalue weighted by atomic mass is 16.5. The minimum atomic E-state index is -0.114. The zero-order chi connectivity index (χ0) is 18.8. The van der Waals surface area contributed by atoms with Crippen LogP contribution in [0.3, 0.4) is 0 Å². The number of methoxy groups -OCH3 is 1. The van der Waals surface area contributed by atoms with Gasteiger partial charge in [0.2, 0.25) is 5.91 Å². The van der Waals surface area contributed by atoms with Crippen LogP contribution in [0.2, 0.25) is 0 Å². The van der Waals surface area contributed by atoms with E-state index in [4.69, 9.17) is 4.74 Å². The topological polar surface area (TPSA) is 83.0 Å². The number of amides is 1. The third kappa shape index (κ3) is 6.18. The Balaban J connectivity index is 1.75. The second-order valence-electron chi connectivity index (χ2n) is 7.15. The van der Waals surface area contributed by atoms with Gasteiger partial charge in [0, 0.05) is 32.1 Å². The number of guanidine groups is 1. The van der Waals surface area contributed by atoms with E-state index >= 15 is 0 Å². The number of likely N-dealkylation sites (tertiary alicyclic amines) is 1. The predicted molar refractivity (Wildman–Crippen MR) is 102 cm³/mol. The fraction of sp³-hybridized carbons (Fsp3) is 0.842. The molecule has 1 aliphatic heterocycles. The van der Waals surface area contributed by atoms with Crippen LogP contribution in [0.25, 0.3) is 0 Å². The fourth-order valence-corrected chi connectivity index (χ4v) is 3.77. The van der Waals surface area contributed by atoms with Crippen LogP contribution < -0.4 is 10.6 Å². The molecule has 0 radical (unpaired) electrons. The lowest BCUT2D eigenvalue weighted by Crippen LogP contribution is -2.47. The molecule has 2 aliphatic rings. The van der Waals surface area contributed by atoms with E-state index in [0.717, 1.165) is 51.3 Å². The van der Waals surface area contributed by atoms with Crippen LogP contribution in [-0.4, -0.2) is 62.6 Å². The molecule has 0 bridgehead atoms. The first-order valence-corrected chi connectivity index (χ1v) is 10.0. The van der Waals surface area contributed by atoms with Gasteiger partial charge >= 0.3 is 5.97 Å². The molecular formula is C19H34N4O3. The van der Waals surface area contributed by atoms with Gasteiger partial charge in [-0.1, -0.05) is 19.3 Å². The maximum absolute atomic E-state index is 12.2. The van der Waals surface area contributed by atoms with Crippen LogP contribution in [0.4, 0.5) is 0 Å². The second kappa shape index (κ2) is 11.0. The van der Waals surface area contributed by atoms with Crippen molar-refractivity contribution < 1.29 is 14.3 Å². The standard InChI is InChI=1S/C19H34N4O3/c1-3-20-19(23-13-9-16(10-14-23)18(25)26-2)22-12-11-21-17(24)15-7-5-4-6-8-15/h15-16H,3-14H2,1-2H3,(H,20,22)(H,21,24). The lowest BCUT2D eigenvalue weighted by atomic mass is 9.89. The van der Waals surface area contributed by atoms with E-state index in [1.807, 2.05) is 6.92 Å². The van der Waals surface area contributed by atoms with Crippen molar-refractivity contribution >= 4 is 17.8 Å². The second-order valence-corrected chi connectivity index (χ2v) is 7.15. The molecule has 1 saturated carbocycles. The summed E-state index contributed by atoms with van der Waals surface area (Å²) in [6, 6.07) is 0. The first-order valence-electron chi connectivity index (χ1n) is 10.0. The van der Waals surface area contributed by atoms with Crippen molar-refractivity contribution in [1.82, 2.24) is 15.5 Å². The Morgan fingerprint density at radius 2 is 1.73 bits per heavy atom. The highest BCUT2D eigenvalue weighted by Gasteiger charge is 2.27. The third-order valence-electron chi connectivity index (χ3n) is 5.31. The molecule has 0 atom stereocenters. The summed E-state index contributed by atoms with van der Waals surface area (Å²) >= 11 is 0. The van der Waals surface area contributed by atoms with Gasteiger partial charge in [-0.2, -0.15) is 0 Å². The Hall–Kier alpha value is -1.79. The van der Waals surface area contributed by atoms with Crippen molar-refractivity contribution in [3.63, 3.8) is 0 Å². The van der Waals surface area contributed by atoms with E-state index in [2.05, 4.69) is 20.5 Å². The predicted octanol–water partition coefficient (Wildman–Crippen LogP) is 1.53. The zero-order valence-corrected chi connectivity index (χ0v) is 16.3. The van der Waals surface area contributed by atoms with Crippen molar-refractivity contribution in [3.8, 4) is 0 Å². The smallest absolute Gasteiger partial charge is 0.308 e. The Morgan fingerprint density at radius 3 is 2.35 bits per heavy atom. The van der Waals surface area contributed by atoms with E-state index in [1.54, 1.807) is 0 Å². The van der Waals surface area contributed by atoms with Gasteiger partial charge in [-0.15, -0.1) is 0 Å². The van der Waals surface area contributed by atoms with Crippen LogP contribution in [0.1, 0.15) is 51.9 Å². The van der Waals surface area contributed by atoms with Gasteiger partial charge < -0.3 is 20.3 Å². The average molecular weight is 367 g/mol. The molecule has 7 heteroatoms. The number of hydrogen-bond donors (Lipinski definition) is 2. The van der Waals surface area contributed by atoms with Gasteiger partial charge in [0.05, 0.1) is 19.6 Å². The summed E-state index contributed by atoms with van der Waals surface area (Å²) in [7, 11) is 1.45. The number of ether oxygens (including phenoxy) is 1. The number of piperidine rings is 1. The maximum atomic E-state index is 12.2. The zero-order valence-electron chi connectivity index (χ0n) is 16.3. The molecule has 2 rings (SSSR count). The molecular weight excluding hydrogens is 332 g/mol. The lowest BCUT2D eigenvalue weighted by Gasteiger charge is -2.33. The molecule has 0 aromatic rings. The first kappa shape index (κ1) is 20.5. The summed E-state index contributed by atoms with van der Waals surface area (Å²) in [5.41, 5.74) is 0. The summed E-state index contributed by atoms with van der Waals surface area (Å²) in [6.45, 7) is 5.56. The Labute approximate surface area is 156 Å². The van der Waals surface area contributed by atoms with Gasteiger partial charge in [0.15, 0.2) is 5.96 Å². The normalized spacial score (nSPS) is 19.9. The number of carbonyl (C=O) groups is 2. The monoisotopic (exact) mass is 366 g/mol. The molecule has 0 spiro atoms. The van der Waals surface area contributed by atoms with Crippen molar-refractivity contribution in [2.45, 2.75) is 51.9 Å². The van der Waals surface area contributed by atoms with Crippen LogP contribution in [0.15, 0.2) is 4.99 Å². The van der Waals surface area contributed by atoms with E-state index in [1.165, 1.54) is 26.4 Å². The minimum Gasteiger partial charge on any atom is -0.469 e. The van der Waals surface area contributed by atoms with Crippen molar-refractivity contribution in [3.05, 3.63) is 0 Å². The first-order chi connectivity index (χ1) is 12.7. The van der Waals surface area contributed by atoms with Crippen molar-refractivity contribution in [2.75, 3.05) is 39.8 Å². The number of rotatable bonds is 6. The molecule has 1 saturated heterocycles. The molecule has 148 valence electrons. The molecule has 0 unspecified atom stereocenters. The highest BCUT2D eigenvalue weighted by molar-refractivity contribution is 5.81. The quantitative estimate of drug-likeness (QED) is 0.322. The highest BCUT2D eigenvalue weighted by Crippen LogP contribution is 2.23. The van der Waals surface area contributed by atoms with Gasteiger partial charge in [-0.25, -0.2) is 0 Å². The molecule has 0 aromatic heterocycles. The average Bonchev–Trinajstić information content (AvgIpc) is 2.70. The third-order valence-corrected chi connectivity index (χ3v) is 5.31. The van der Waals surface area contributed by atoms with Crippen LogP contribution in [0, 0.1) is 11.8 Å². The molecule has 7 nitrogen and oxygen atoms in total. The summed E-state index contributed by atoms with van der Waals surface area (Å²) in [6.07, 6.45) is 7.21. The molecule has 26 heavy (non-hydrogen) atoms. The summed E-state index contributed by atoms with van der Waals surface area (Å²) < 4.78 is 4.84. The molecule has 1 amide bonds. The van der Waals surface area contributed by atoms with Crippen molar-refractivity contribution in [2.24, 2.45) is 16.8 Å². The Kier molecular flexibility index (Phi) is 8.71. The molecule has 2 N–H and O–H groups in total. The number of carbonyl (C=O) groups excluding carboxylic acids is 2. The van der Waals surface area contributed by atoms with Gasteiger partial charge in [-0.3, -0.25) is 14.6 Å². The SMILES string of the molecule is CCNC(=NCCNC(=O)C1CCCCC1)N1CCC(C(=O)OC)CC1. The van der Waals surface area contributed by atoms with E-state index < -0.39 is 0 Å². The molecule has 0 aromatic carbocycles. The number of nitrogens with one attached hydrogen (secondary N) is 2. The lowest BCUT2D eigenvalue weighted by molar-refractivity contribution is -0.146.